The molecular formula is C59H49N. The zero-order chi connectivity index (χ0) is 40.3. The van der Waals surface area contributed by atoms with Gasteiger partial charge in [0.25, 0.3) is 0 Å². The maximum absolute atomic E-state index is 2.44. The first-order chi connectivity index (χ1) is 29.6. The van der Waals surface area contributed by atoms with Crippen molar-refractivity contribution in [2.75, 3.05) is 0 Å². The lowest BCUT2D eigenvalue weighted by Gasteiger charge is -2.19. The number of hydrogen-bond donors (Lipinski definition) is 0. The SMILES string of the molecule is CC1C=C(n2c3ccccc3c3cc(-c4ccc(CCC(Cc5ccc(-c6ccccc6)cc5)c5ccc(-c6ccc(-c7ccccc7)cc6)cc5)cc4)ccc32)C=CC1. The van der Waals surface area contributed by atoms with Crippen molar-refractivity contribution in [2.24, 2.45) is 5.92 Å². The number of para-hydroxylation sites is 1. The van der Waals surface area contributed by atoms with Crippen LogP contribution in [-0.2, 0) is 12.8 Å². The Morgan fingerprint density at radius 3 is 1.57 bits per heavy atom. The van der Waals surface area contributed by atoms with Crippen LogP contribution in [0.1, 0.15) is 42.4 Å². The highest BCUT2D eigenvalue weighted by molar-refractivity contribution is 6.11. The second-order valence-corrected chi connectivity index (χ2v) is 16.6. The molecule has 0 radical (unpaired) electrons. The fraction of sp³-hybridized carbons (Fsp3) is 0.119. The Morgan fingerprint density at radius 1 is 0.467 bits per heavy atom. The molecule has 1 aliphatic carbocycles. The Bertz CT molecular complexity index is 2930. The molecule has 2 unspecified atom stereocenters. The molecule has 0 amide bonds. The summed E-state index contributed by atoms with van der Waals surface area (Å²) in [6.45, 7) is 2.30. The third-order valence-electron chi connectivity index (χ3n) is 12.5. The number of nitrogens with zero attached hydrogens (tertiary/aromatic N) is 1. The molecule has 1 nitrogen and oxygen atoms in total. The molecule has 9 aromatic rings. The van der Waals surface area contributed by atoms with E-state index in [4.69, 9.17) is 0 Å². The second kappa shape index (κ2) is 16.7. The average Bonchev–Trinajstić information content (AvgIpc) is 3.65. The Hall–Kier alpha value is -6.96. The van der Waals surface area contributed by atoms with Gasteiger partial charge in [-0.25, -0.2) is 0 Å². The van der Waals surface area contributed by atoms with E-state index in [0.29, 0.717) is 11.8 Å². The van der Waals surface area contributed by atoms with Gasteiger partial charge in [0.2, 0.25) is 0 Å². The van der Waals surface area contributed by atoms with E-state index >= 15 is 0 Å². The molecule has 290 valence electrons. The zero-order valence-corrected chi connectivity index (χ0v) is 34.2. The highest BCUT2D eigenvalue weighted by atomic mass is 15.0. The van der Waals surface area contributed by atoms with E-state index in [1.165, 1.54) is 88.7 Å². The van der Waals surface area contributed by atoms with E-state index in [0.717, 1.165) is 25.7 Å². The van der Waals surface area contributed by atoms with Crippen LogP contribution in [0.25, 0.3) is 72.0 Å². The predicted molar refractivity (Wildman–Crippen MR) is 256 cm³/mol. The molecule has 0 bridgehead atoms. The van der Waals surface area contributed by atoms with Crippen LogP contribution in [0.2, 0.25) is 0 Å². The highest BCUT2D eigenvalue weighted by Crippen LogP contribution is 2.37. The van der Waals surface area contributed by atoms with Gasteiger partial charge < -0.3 is 4.57 Å². The van der Waals surface area contributed by atoms with Gasteiger partial charge in [-0.2, -0.15) is 0 Å². The predicted octanol–water partition coefficient (Wildman–Crippen LogP) is 15.9. The van der Waals surface area contributed by atoms with Crippen molar-refractivity contribution in [3.63, 3.8) is 0 Å². The fourth-order valence-electron chi connectivity index (χ4n) is 9.17. The molecule has 60 heavy (non-hydrogen) atoms. The Kier molecular flexibility index (Phi) is 10.4. The largest absolute Gasteiger partial charge is 0.310 e. The van der Waals surface area contributed by atoms with Gasteiger partial charge in [0.1, 0.15) is 0 Å². The molecule has 0 spiro atoms. The molecule has 0 aliphatic heterocycles. The van der Waals surface area contributed by atoms with Crippen molar-refractivity contribution in [1.29, 1.82) is 0 Å². The minimum Gasteiger partial charge on any atom is -0.310 e. The van der Waals surface area contributed by atoms with Gasteiger partial charge >= 0.3 is 0 Å². The molecule has 1 heteroatoms. The molecule has 1 aliphatic rings. The first kappa shape index (κ1) is 37.3. The molecule has 0 fully saturated rings. The molecule has 0 saturated heterocycles. The molecule has 0 N–H and O–H groups in total. The minimum absolute atomic E-state index is 0.388. The molecule has 1 heterocycles. The standard InChI is InChI=1S/C59H49N/c1-42-11-10-16-55(39-42)60-58-18-9-8-17-56(58)57-41-54(37-38-59(57)60)51-24-19-43(20-25-51)21-28-53(40-44-22-26-47(27-23-44)45-12-4-2-5-13-45)52-35-33-50(34-36-52)49-31-29-48(30-32-49)46-14-6-3-7-15-46/h2-10,12-20,22-27,29-39,41-42,53H,11,21,28,40H2,1H3. The van der Waals surface area contributed by atoms with Gasteiger partial charge in [-0.15, -0.1) is 0 Å². The molecule has 1 aromatic heterocycles. The quantitative estimate of drug-likeness (QED) is 0.123. The molecule has 8 aromatic carbocycles. The Morgan fingerprint density at radius 2 is 0.950 bits per heavy atom. The molecule has 0 saturated carbocycles. The van der Waals surface area contributed by atoms with Crippen LogP contribution >= 0.6 is 0 Å². The monoisotopic (exact) mass is 771 g/mol. The van der Waals surface area contributed by atoms with Gasteiger partial charge in [0.05, 0.1) is 11.0 Å². The topological polar surface area (TPSA) is 4.93 Å². The normalized spacial score (nSPS) is 14.3. The van der Waals surface area contributed by atoms with Crippen molar-refractivity contribution in [2.45, 2.75) is 38.5 Å². The van der Waals surface area contributed by atoms with Gasteiger partial charge in [-0.3, -0.25) is 0 Å². The fourth-order valence-corrected chi connectivity index (χ4v) is 9.17. The lowest BCUT2D eigenvalue weighted by atomic mass is 9.86. The number of aryl methyl sites for hydroxylation is 1. The smallest absolute Gasteiger partial charge is 0.0541 e. The lowest BCUT2D eigenvalue weighted by molar-refractivity contribution is 0.621. The van der Waals surface area contributed by atoms with Crippen molar-refractivity contribution < 1.29 is 0 Å². The third-order valence-corrected chi connectivity index (χ3v) is 12.5. The highest BCUT2D eigenvalue weighted by Gasteiger charge is 2.17. The summed E-state index contributed by atoms with van der Waals surface area (Å²) in [4.78, 5) is 0. The van der Waals surface area contributed by atoms with E-state index in [-0.39, 0.29) is 0 Å². The van der Waals surface area contributed by atoms with E-state index in [1.807, 2.05) is 0 Å². The Balaban J connectivity index is 0.894. The number of benzene rings is 8. The van der Waals surface area contributed by atoms with Gasteiger partial charge in [-0.1, -0.05) is 201 Å². The average molecular weight is 772 g/mol. The summed E-state index contributed by atoms with van der Waals surface area (Å²) >= 11 is 0. The number of aromatic nitrogens is 1. The first-order valence-corrected chi connectivity index (χ1v) is 21.5. The van der Waals surface area contributed by atoms with Crippen LogP contribution in [0, 0.1) is 5.92 Å². The van der Waals surface area contributed by atoms with Crippen molar-refractivity contribution in [3.05, 3.63) is 235 Å². The molecular weight excluding hydrogens is 723 g/mol. The summed E-state index contributed by atoms with van der Waals surface area (Å²) in [6.07, 6.45) is 11.2. The van der Waals surface area contributed by atoms with Crippen LogP contribution in [-0.4, -0.2) is 4.57 Å². The summed E-state index contributed by atoms with van der Waals surface area (Å²) in [7, 11) is 0. The van der Waals surface area contributed by atoms with E-state index in [9.17, 15) is 0 Å². The summed E-state index contributed by atoms with van der Waals surface area (Å²) < 4.78 is 2.44. The molecule has 2 atom stereocenters. The number of allylic oxidation sites excluding steroid dienone is 4. The second-order valence-electron chi connectivity index (χ2n) is 16.6. The van der Waals surface area contributed by atoms with Crippen molar-refractivity contribution in [1.82, 2.24) is 4.57 Å². The zero-order valence-electron chi connectivity index (χ0n) is 34.2. The van der Waals surface area contributed by atoms with Crippen LogP contribution < -0.4 is 0 Å². The number of rotatable bonds is 11. The van der Waals surface area contributed by atoms with Crippen LogP contribution in [0.4, 0.5) is 0 Å². The Labute approximate surface area is 354 Å². The summed E-state index contributed by atoms with van der Waals surface area (Å²) in [5.41, 5.74) is 17.9. The lowest BCUT2D eigenvalue weighted by Crippen LogP contribution is -2.05. The van der Waals surface area contributed by atoms with Crippen LogP contribution in [0.5, 0.6) is 0 Å². The maximum Gasteiger partial charge on any atom is 0.0541 e. The summed E-state index contributed by atoms with van der Waals surface area (Å²) in [5.74, 6) is 0.925. The molecule has 10 rings (SSSR count). The number of fused-ring (bicyclic) bond motifs is 3. The van der Waals surface area contributed by atoms with E-state index < -0.39 is 0 Å². The summed E-state index contributed by atoms with van der Waals surface area (Å²) in [6, 6.07) is 73.9. The first-order valence-electron chi connectivity index (χ1n) is 21.5. The summed E-state index contributed by atoms with van der Waals surface area (Å²) in [5, 5.41) is 2.60. The number of hydrogen-bond acceptors (Lipinski definition) is 0. The van der Waals surface area contributed by atoms with Crippen molar-refractivity contribution in [3.8, 4) is 44.5 Å². The minimum atomic E-state index is 0.388. The van der Waals surface area contributed by atoms with E-state index in [2.05, 4.69) is 230 Å². The van der Waals surface area contributed by atoms with Gasteiger partial charge in [0.15, 0.2) is 0 Å². The van der Waals surface area contributed by atoms with Gasteiger partial charge in [-0.05, 0) is 123 Å². The van der Waals surface area contributed by atoms with Crippen LogP contribution in [0.15, 0.2) is 218 Å². The van der Waals surface area contributed by atoms with Crippen molar-refractivity contribution >= 4 is 27.5 Å². The van der Waals surface area contributed by atoms with Gasteiger partial charge in [0, 0.05) is 16.5 Å². The van der Waals surface area contributed by atoms with Crippen LogP contribution in [0.3, 0.4) is 0 Å². The maximum atomic E-state index is 2.44. The van der Waals surface area contributed by atoms with E-state index in [1.54, 1.807) is 0 Å². The third kappa shape index (κ3) is 7.80.